The lowest BCUT2D eigenvalue weighted by molar-refractivity contribution is 0.390. The Labute approximate surface area is 94.9 Å². The van der Waals surface area contributed by atoms with Gasteiger partial charge in [0.2, 0.25) is 0 Å². The molecule has 1 saturated carbocycles. The number of nitrogens with zero attached hydrogens (tertiary/aromatic N) is 1. The fourth-order valence-corrected chi connectivity index (χ4v) is 2.05. The van der Waals surface area contributed by atoms with Crippen molar-refractivity contribution in [3.8, 4) is 6.07 Å². The van der Waals surface area contributed by atoms with Gasteiger partial charge in [-0.2, -0.15) is 5.26 Å². The van der Waals surface area contributed by atoms with Crippen LogP contribution in [0.3, 0.4) is 0 Å². The van der Waals surface area contributed by atoms with Crippen LogP contribution in [-0.4, -0.2) is 5.54 Å². The molecule has 2 rings (SSSR count). The first-order valence-corrected chi connectivity index (χ1v) is 5.40. The van der Waals surface area contributed by atoms with Crippen molar-refractivity contribution in [1.82, 2.24) is 0 Å². The van der Waals surface area contributed by atoms with Gasteiger partial charge in [-0.05, 0) is 30.5 Å². The lowest BCUT2D eigenvalue weighted by atomic mass is 9.75. The number of hydrogen-bond acceptors (Lipinski definition) is 2. The van der Waals surface area contributed by atoms with Crippen LogP contribution in [0.25, 0.3) is 0 Å². The van der Waals surface area contributed by atoms with Gasteiger partial charge in [0.1, 0.15) is 11.9 Å². The van der Waals surface area contributed by atoms with Crippen LogP contribution in [0, 0.1) is 17.1 Å². The van der Waals surface area contributed by atoms with Crippen molar-refractivity contribution in [2.45, 2.75) is 37.6 Å². The Bertz CT molecular complexity index is 467. The number of nitrogens with two attached hydrogens (primary N) is 1. The zero-order chi connectivity index (χ0) is 12.0. The van der Waals surface area contributed by atoms with Crippen molar-refractivity contribution < 1.29 is 4.39 Å². The molecule has 0 aromatic heterocycles. The molecular formula is C13H15FN2. The quantitative estimate of drug-likeness (QED) is 0.829. The van der Waals surface area contributed by atoms with Crippen LogP contribution < -0.4 is 5.73 Å². The van der Waals surface area contributed by atoms with E-state index in [9.17, 15) is 4.39 Å². The van der Waals surface area contributed by atoms with Crippen molar-refractivity contribution in [2.24, 2.45) is 5.73 Å². The summed E-state index contributed by atoms with van der Waals surface area (Å²) in [4.78, 5) is 0. The fourth-order valence-electron chi connectivity index (χ4n) is 2.05. The van der Waals surface area contributed by atoms with Crippen molar-refractivity contribution in [1.29, 1.82) is 5.26 Å². The Morgan fingerprint density at radius 1 is 1.44 bits per heavy atom. The molecule has 2 nitrogen and oxygen atoms in total. The maximum Gasteiger partial charge on any atom is 0.140 e. The molecular weight excluding hydrogens is 203 g/mol. The van der Waals surface area contributed by atoms with Gasteiger partial charge >= 0.3 is 0 Å². The van der Waals surface area contributed by atoms with E-state index >= 15 is 0 Å². The predicted octanol–water partition coefficient (Wildman–Crippen LogP) is 2.47. The molecule has 84 valence electrons. The number of hydrogen-bond donors (Lipinski definition) is 1. The topological polar surface area (TPSA) is 49.8 Å². The molecule has 2 N–H and O–H groups in total. The first-order valence-electron chi connectivity index (χ1n) is 5.40. The third-order valence-corrected chi connectivity index (χ3v) is 3.84. The van der Waals surface area contributed by atoms with E-state index in [0.29, 0.717) is 0 Å². The first-order chi connectivity index (χ1) is 7.40. The molecule has 0 heterocycles. The predicted molar refractivity (Wildman–Crippen MR) is 60.3 cm³/mol. The second-order valence-electron chi connectivity index (χ2n) is 5.09. The zero-order valence-corrected chi connectivity index (χ0v) is 9.55. The number of rotatable bonds is 2. The van der Waals surface area contributed by atoms with E-state index in [4.69, 9.17) is 11.0 Å². The molecule has 0 amide bonds. The normalized spacial score (nSPS) is 17.9. The summed E-state index contributed by atoms with van der Waals surface area (Å²) < 4.78 is 13.2. The second-order valence-corrected chi connectivity index (χ2v) is 5.09. The van der Waals surface area contributed by atoms with E-state index in [1.165, 1.54) is 6.07 Å². The van der Waals surface area contributed by atoms with Crippen LogP contribution in [0.1, 0.15) is 37.8 Å². The molecule has 1 aromatic carbocycles. The summed E-state index contributed by atoms with van der Waals surface area (Å²) >= 11 is 0. The molecule has 16 heavy (non-hydrogen) atoms. The standard InChI is InChI=1S/C13H15FN2/c1-12(2,13(16)5-6-13)10-3-4-11(14)9(7-10)8-15/h3-4,7H,5-6,16H2,1-2H3. The summed E-state index contributed by atoms with van der Waals surface area (Å²) in [5, 5.41) is 8.81. The monoisotopic (exact) mass is 218 g/mol. The summed E-state index contributed by atoms with van der Waals surface area (Å²) in [5.41, 5.74) is 6.82. The maximum atomic E-state index is 13.2. The van der Waals surface area contributed by atoms with Crippen LogP contribution in [0.4, 0.5) is 4.39 Å². The molecule has 0 atom stereocenters. The van der Waals surface area contributed by atoms with Gasteiger partial charge in [-0.3, -0.25) is 0 Å². The van der Waals surface area contributed by atoms with Crippen LogP contribution in [0.15, 0.2) is 18.2 Å². The lowest BCUT2D eigenvalue weighted by Crippen LogP contribution is -2.43. The third-order valence-electron chi connectivity index (χ3n) is 3.84. The Morgan fingerprint density at radius 2 is 2.06 bits per heavy atom. The molecule has 3 heteroatoms. The van der Waals surface area contributed by atoms with Crippen molar-refractivity contribution in [3.05, 3.63) is 35.1 Å². The summed E-state index contributed by atoms with van der Waals surface area (Å²) in [5.74, 6) is -0.469. The number of benzene rings is 1. The minimum Gasteiger partial charge on any atom is -0.324 e. The van der Waals surface area contributed by atoms with Gasteiger partial charge in [0.25, 0.3) is 0 Å². The molecule has 1 aromatic rings. The molecule has 0 radical (unpaired) electrons. The molecule has 1 fully saturated rings. The highest BCUT2D eigenvalue weighted by Gasteiger charge is 2.51. The van der Waals surface area contributed by atoms with E-state index in [1.807, 2.05) is 19.9 Å². The lowest BCUT2D eigenvalue weighted by Gasteiger charge is -2.32. The Hall–Kier alpha value is -1.40. The number of nitriles is 1. The third kappa shape index (κ3) is 1.50. The van der Waals surface area contributed by atoms with Gasteiger partial charge in [-0.1, -0.05) is 19.9 Å². The largest absolute Gasteiger partial charge is 0.324 e. The van der Waals surface area contributed by atoms with Crippen molar-refractivity contribution >= 4 is 0 Å². The SMILES string of the molecule is CC(C)(c1ccc(F)c(C#N)c1)C1(N)CC1. The molecule has 1 aliphatic rings. The molecule has 0 bridgehead atoms. The van der Waals surface area contributed by atoms with E-state index in [1.54, 1.807) is 12.1 Å². The average molecular weight is 218 g/mol. The van der Waals surface area contributed by atoms with Gasteiger partial charge in [0, 0.05) is 11.0 Å². The Balaban J connectivity index is 2.45. The molecule has 0 spiro atoms. The highest BCUT2D eigenvalue weighted by molar-refractivity contribution is 5.40. The highest BCUT2D eigenvalue weighted by Crippen LogP contribution is 2.49. The maximum absolute atomic E-state index is 13.2. The second kappa shape index (κ2) is 3.29. The van der Waals surface area contributed by atoms with E-state index in [2.05, 4.69) is 0 Å². The van der Waals surface area contributed by atoms with Crippen LogP contribution in [-0.2, 0) is 5.41 Å². The zero-order valence-electron chi connectivity index (χ0n) is 9.55. The van der Waals surface area contributed by atoms with Crippen LogP contribution in [0.5, 0.6) is 0 Å². The van der Waals surface area contributed by atoms with Crippen LogP contribution in [0.2, 0.25) is 0 Å². The fraction of sp³-hybridized carbons (Fsp3) is 0.462. The van der Waals surface area contributed by atoms with Gasteiger partial charge < -0.3 is 5.73 Å². The summed E-state index contributed by atoms with van der Waals surface area (Å²) in [6.07, 6.45) is 1.97. The summed E-state index contributed by atoms with van der Waals surface area (Å²) in [6.45, 7) is 4.10. The molecule has 0 unspecified atom stereocenters. The highest BCUT2D eigenvalue weighted by atomic mass is 19.1. The molecule has 1 aliphatic carbocycles. The number of halogens is 1. The van der Waals surface area contributed by atoms with Crippen LogP contribution >= 0.6 is 0 Å². The van der Waals surface area contributed by atoms with Gasteiger partial charge in [-0.25, -0.2) is 4.39 Å². The minimum absolute atomic E-state index is 0.0924. The molecule has 0 aliphatic heterocycles. The van der Waals surface area contributed by atoms with Crippen molar-refractivity contribution in [3.63, 3.8) is 0 Å². The van der Waals surface area contributed by atoms with Gasteiger partial charge in [-0.15, -0.1) is 0 Å². The van der Waals surface area contributed by atoms with E-state index < -0.39 is 5.82 Å². The van der Waals surface area contributed by atoms with Gasteiger partial charge in [0.15, 0.2) is 0 Å². The van der Waals surface area contributed by atoms with E-state index in [0.717, 1.165) is 18.4 Å². The summed E-state index contributed by atoms with van der Waals surface area (Å²) in [7, 11) is 0. The Kier molecular flexibility index (Phi) is 2.28. The summed E-state index contributed by atoms with van der Waals surface area (Å²) in [6, 6.07) is 6.55. The molecule has 0 saturated heterocycles. The average Bonchev–Trinajstić information content (AvgIpc) is 2.98. The minimum atomic E-state index is -0.469. The van der Waals surface area contributed by atoms with E-state index in [-0.39, 0.29) is 16.5 Å². The Morgan fingerprint density at radius 3 is 2.56 bits per heavy atom. The first kappa shape index (κ1) is 11.1. The van der Waals surface area contributed by atoms with Crippen molar-refractivity contribution in [2.75, 3.05) is 0 Å². The smallest absolute Gasteiger partial charge is 0.140 e. The van der Waals surface area contributed by atoms with Gasteiger partial charge in [0.05, 0.1) is 5.56 Å².